The largest absolute Gasteiger partial charge is 0.550 e. The van der Waals surface area contributed by atoms with Gasteiger partial charge in [0, 0.05) is 13.0 Å². The van der Waals surface area contributed by atoms with Gasteiger partial charge in [-0.3, -0.25) is 4.31 Å². The maximum Gasteiger partial charge on any atom is 0.264 e. The number of unbranched alkanes of at least 4 members (excludes halogenated alkanes) is 3. The summed E-state index contributed by atoms with van der Waals surface area (Å²) in [7, 11) is -2.03. The lowest BCUT2D eigenvalue weighted by molar-refractivity contribution is -0.305. The average Bonchev–Trinajstić information content (AvgIpc) is 2.75. The highest BCUT2D eigenvalue weighted by Crippen LogP contribution is 2.39. The summed E-state index contributed by atoms with van der Waals surface area (Å²) in [5.74, 6) is -1.00. The summed E-state index contributed by atoms with van der Waals surface area (Å²) in [4.78, 5) is 10.8. The van der Waals surface area contributed by atoms with Gasteiger partial charge in [-0.05, 0) is 49.1 Å². The molecule has 28 heavy (non-hydrogen) atoms. The van der Waals surface area contributed by atoms with Gasteiger partial charge in [0.15, 0.2) is 0 Å². The summed E-state index contributed by atoms with van der Waals surface area (Å²) in [5, 5.41) is 14.0. The maximum atomic E-state index is 13.1. The Bertz CT molecular complexity index is 943. The zero-order valence-electron chi connectivity index (χ0n) is 15.9. The quantitative estimate of drug-likeness (QED) is 0.685. The van der Waals surface area contributed by atoms with Crippen molar-refractivity contribution in [2.75, 3.05) is 17.9 Å². The third-order valence-electron chi connectivity index (χ3n) is 5.11. The minimum atomic E-state index is -3.62. The first-order valence-electron chi connectivity index (χ1n) is 9.53. The Kier molecular flexibility index (Phi) is 6.36. The number of benzene rings is 2. The topological polar surface area (TPSA) is 89.5 Å². The third-order valence-corrected chi connectivity index (χ3v) is 6.96. The molecule has 1 unspecified atom stereocenters. The van der Waals surface area contributed by atoms with Gasteiger partial charge in [-0.2, -0.15) is 0 Å². The molecule has 0 amide bonds. The number of carboxylic acids is 1. The number of rotatable bonds is 8. The fraction of sp³-hybridized carbons (Fsp3) is 0.381. The summed E-state index contributed by atoms with van der Waals surface area (Å²) >= 11 is 0. The number of hydrogen-bond donors (Lipinski definition) is 1. The number of carboxylic acid groups (broad SMARTS) is 1. The van der Waals surface area contributed by atoms with Crippen LogP contribution in [-0.2, 0) is 14.8 Å². The van der Waals surface area contributed by atoms with E-state index in [4.69, 9.17) is 0 Å². The molecule has 1 heterocycles. The SMILES string of the molecule is CN1c2ccccc2C(NCCCCCCC(=O)[O-])c2ccccc2S1(=O)=O. The van der Waals surface area contributed by atoms with Crippen LogP contribution < -0.4 is 14.7 Å². The van der Waals surface area contributed by atoms with Gasteiger partial charge in [-0.1, -0.05) is 49.2 Å². The van der Waals surface area contributed by atoms with E-state index in [1.54, 1.807) is 19.2 Å². The van der Waals surface area contributed by atoms with Crippen LogP contribution in [-0.4, -0.2) is 28.0 Å². The van der Waals surface area contributed by atoms with Gasteiger partial charge in [0.05, 0.1) is 16.6 Å². The Morgan fingerprint density at radius 1 is 1.00 bits per heavy atom. The van der Waals surface area contributed by atoms with Gasteiger partial charge >= 0.3 is 0 Å². The zero-order chi connectivity index (χ0) is 20.1. The van der Waals surface area contributed by atoms with Gasteiger partial charge in [0.2, 0.25) is 0 Å². The Morgan fingerprint density at radius 3 is 2.39 bits per heavy atom. The van der Waals surface area contributed by atoms with E-state index in [2.05, 4.69) is 5.32 Å². The summed E-state index contributed by atoms with van der Waals surface area (Å²) in [5.41, 5.74) is 2.34. The third kappa shape index (κ3) is 4.20. The summed E-state index contributed by atoms with van der Waals surface area (Å²) in [6.07, 6.45) is 3.36. The second-order valence-electron chi connectivity index (χ2n) is 6.99. The van der Waals surface area contributed by atoms with E-state index >= 15 is 0 Å². The molecule has 2 aromatic rings. The molecule has 3 rings (SSSR count). The van der Waals surface area contributed by atoms with E-state index in [-0.39, 0.29) is 12.5 Å². The predicted molar refractivity (Wildman–Crippen MR) is 106 cm³/mol. The normalized spacial score (nSPS) is 17.5. The first kappa shape index (κ1) is 20.4. The van der Waals surface area contributed by atoms with E-state index in [9.17, 15) is 18.3 Å². The summed E-state index contributed by atoms with van der Waals surface area (Å²) < 4.78 is 27.5. The summed E-state index contributed by atoms with van der Waals surface area (Å²) in [6, 6.07) is 14.4. The standard InChI is InChI=1S/C21H26N2O4S/c1-23-18-12-7-5-10-16(18)21(22-15-9-3-2-4-14-20(24)25)17-11-6-8-13-19(17)28(23,26)27/h5-8,10-13,21-22H,2-4,9,14-15H2,1H3,(H,24,25)/p-1. The molecule has 150 valence electrons. The number of para-hydroxylation sites is 1. The minimum absolute atomic E-state index is 0.0982. The van der Waals surface area contributed by atoms with Crippen molar-refractivity contribution < 1.29 is 18.3 Å². The number of nitrogens with zero attached hydrogens (tertiary/aromatic N) is 1. The van der Waals surface area contributed by atoms with Crippen LogP contribution in [0.1, 0.15) is 49.3 Å². The number of aliphatic carboxylic acids is 1. The Morgan fingerprint density at radius 2 is 1.64 bits per heavy atom. The number of anilines is 1. The maximum absolute atomic E-state index is 13.1. The minimum Gasteiger partial charge on any atom is -0.550 e. The zero-order valence-corrected chi connectivity index (χ0v) is 16.7. The number of hydrogen-bond acceptors (Lipinski definition) is 5. The highest BCUT2D eigenvalue weighted by Gasteiger charge is 2.34. The van der Waals surface area contributed by atoms with E-state index in [1.165, 1.54) is 4.31 Å². The first-order valence-corrected chi connectivity index (χ1v) is 11.0. The molecule has 0 fully saturated rings. The lowest BCUT2D eigenvalue weighted by atomic mass is 9.96. The van der Waals surface area contributed by atoms with Crippen LogP contribution in [0.15, 0.2) is 53.4 Å². The van der Waals surface area contributed by atoms with Crippen LogP contribution in [0, 0.1) is 0 Å². The number of fused-ring (bicyclic) bond motifs is 2. The van der Waals surface area contributed by atoms with Crippen LogP contribution in [0.2, 0.25) is 0 Å². The van der Waals surface area contributed by atoms with E-state index in [1.807, 2.05) is 36.4 Å². The smallest absolute Gasteiger partial charge is 0.264 e. The second kappa shape index (κ2) is 8.75. The van der Waals surface area contributed by atoms with Crippen molar-refractivity contribution in [1.29, 1.82) is 0 Å². The van der Waals surface area contributed by atoms with Gasteiger partial charge < -0.3 is 15.2 Å². The van der Waals surface area contributed by atoms with Crippen molar-refractivity contribution in [2.24, 2.45) is 0 Å². The molecule has 1 aliphatic heterocycles. The fourth-order valence-electron chi connectivity index (χ4n) is 3.63. The first-order chi connectivity index (χ1) is 13.4. The fourth-order valence-corrected chi connectivity index (χ4v) is 5.09. The van der Waals surface area contributed by atoms with Crippen molar-refractivity contribution in [3.63, 3.8) is 0 Å². The predicted octanol–water partition coefficient (Wildman–Crippen LogP) is 2.20. The highest BCUT2D eigenvalue weighted by atomic mass is 32.2. The van der Waals surface area contributed by atoms with Crippen LogP contribution in [0.25, 0.3) is 0 Å². The molecule has 1 N–H and O–H groups in total. The van der Waals surface area contributed by atoms with Gasteiger partial charge in [-0.25, -0.2) is 8.42 Å². The molecule has 0 saturated heterocycles. The van der Waals surface area contributed by atoms with Crippen molar-refractivity contribution in [1.82, 2.24) is 5.32 Å². The Balaban J connectivity index is 1.81. The van der Waals surface area contributed by atoms with E-state index < -0.39 is 16.0 Å². The van der Waals surface area contributed by atoms with Crippen LogP contribution in [0.5, 0.6) is 0 Å². The number of carbonyl (C=O) groups is 1. The molecule has 2 aromatic carbocycles. The molecular weight excluding hydrogens is 376 g/mol. The molecule has 0 saturated carbocycles. The molecule has 1 aliphatic rings. The van der Waals surface area contributed by atoms with E-state index in [0.29, 0.717) is 23.5 Å². The Hall–Kier alpha value is -2.38. The van der Waals surface area contributed by atoms with Gasteiger partial charge in [0.1, 0.15) is 0 Å². The molecular formula is C21H25N2O4S-. The number of sulfonamides is 1. The van der Waals surface area contributed by atoms with Crippen molar-refractivity contribution >= 4 is 21.7 Å². The molecule has 0 aromatic heterocycles. The van der Waals surface area contributed by atoms with E-state index in [0.717, 1.165) is 30.4 Å². The van der Waals surface area contributed by atoms with Crippen LogP contribution in [0.3, 0.4) is 0 Å². The lowest BCUT2D eigenvalue weighted by Gasteiger charge is -2.22. The molecule has 0 radical (unpaired) electrons. The monoisotopic (exact) mass is 401 g/mol. The van der Waals surface area contributed by atoms with Crippen molar-refractivity contribution in [3.05, 3.63) is 59.7 Å². The molecule has 1 atom stereocenters. The molecule has 0 spiro atoms. The second-order valence-corrected chi connectivity index (χ2v) is 8.93. The number of nitrogens with one attached hydrogen (secondary N) is 1. The van der Waals surface area contributed by atoms with Crippen LogP contribution in [0.4, 0.5) is 5.69 Å². The highest BCUT2D eigenvalue weighted by molar-refractivity contribution is 7.92. The average molecular weight is 402 g/mol. The van der Waals surface area contributed by atoms with Crippen molar-refractivity contribution in [3.8, 4) is 0 Å². The molecule has 0 bridgehead atoms. The van der Waals surface area contributed by atoms with Crippen LogP contribution >= 0.6 is 0 Å². The molecule has 0 aliphatic carbocycles. The van der Waals surface area contributed by atoms with Crippen molar-refractivity contribution in [2.45, 2.75) is 43.0 Å². The van der Waals surface area contributed by atoms with Gasteiger partial charge in [0.25, 0.3) is 10.0 Å². The lowest BCUT2D eigenvalue weighted by Crippen LogP contribution is -2.26. The molecule has 6 nitrogen and oxygen atoms in total. The number of carbonyl (C=O) groups excluding carboxylic acids is 1. The molecule has 7 heteroatoms. The summed E-state index contributed by atoms with van der Waals surface area (Å²) in [6.45, 7) is 0.711. The Labute approximate surface area is 166 Å². The van der Waals surface area contributed by atoms with Gasteiger partial charge in [-0.15, -0.1) is 0 Å².